The molecule has 0 fully saturated rings. The maximum Gasteiger partial charge on any atom is 0.273 e. The summed E-state index contributed by atoms with van der Waals surface area (Å²) in [5.41, 5.74) is 2.95. The molecule has 0 bridgehead atoms. The van der Waals surface area contributed by atoms with Gasteiger partial charge in [-0.25, -0.2) is 13.1 Å². The molecule has 1 N–H and O–H groups in total. The zero-order valence-corrected chi connectivity index (χ0v) is 16.5. The number of amides is 1. The summed E-state index contributed by atoms with van der Waals surface area (Å²) in [7, 11) is -3.83. The fourth-order valence-corrected chi connectivity index (χ4v) is 4.54. The second kappa shape index (κ2) is 8.52. The Labute approximate surface area is 167 Å². The molecule has 1 heterocycles. The van der Waals surface area contributed by atoms with Gasteiger partial charge in [0.2, 0.25) is 0 Å². The molecule has 1 amide bonds. The van der Waals surface area contributed by atoms with Gasteiger partial charge in [-0.15, -0.1) is 11.3 Å². The lowest BCUT2D eigenvalue weighted by Gasteiger charge is -2.07. The Morgan fingerprint density at radius 2 is 1.78 bits per heavy atom. The molecule has 0 aliphatic heterocycles. The monoisotopic (exact) mass is 417 g/mol. The maximum atomic E-state index is 12.1. The summed E-state index contributed by atoms with van der Waals surface area (Å²) in [4.78, 5) is 12.0. The predicted molar refractivity (Wildman–Crippen MR) is 109 cm³/mol. The van der Waals surface area contributed by atoms with Gasteiger partial charge in [-0.2, -0.15) is 0 Å². The number of thiophene rings is 1. The van der Waals surface area contributed by atoms with Crippen LogP contribution in [0.2, 0.25) is 5.02 Å². The highest BCUT2D eigenvalue weighted by Crippen LogP contribution is 2.18. The van der Waals surface area contributed by atoms with E-state index in [9.17, 15) is 13.2 Å². The molecule has 3 rings (SSSR count). The Morgan fingerprint density at radius 3 is 2.48 bits per heavy atom. The van der Waals surface area contributed by atoms with Crippen LogP contribution in [0.15, 0.2) is 76.3 Å². The van der Waals surface area contributed by atoms with Crippen molar-refractivity contribution in [2.45, 2.75) is 10.6 Å². The fourth-order valence-electron chi connectivity index (χ4n) is 2.48. The molecule has 0 aliphatic rings. The number of rotatable bonds is 6. The van der Waals surface area contributed by atoms with Crippen LogP contribution >= 0.6 is 22.9 Å². The molecule has 0 spiro atoms. The molecule has 0 radical (unpaired) electrons. The van der Waals surface area contributed by atoms with Crippen molar-refractivity contribution >= 4 is 44.9 Å². The molecule has 0 aliphatic carbocycles. The van der Waals surface area contributed by atoms with E-state index in [1.54, 1.807) is 17.5 Å². The summed E-state index contributed by atoms with van der Waals surface area (Å²) >= 11 is 6.97. The molecule has 7 heteroatoms. The first kappa shape index (κ1) is 19.4. The number of hydrogen-bond donors (Lipinski definition) is 1. The largest absolute Gasteiger partial charge is 0.273 e. The van der Waals surface area contributed by atoms with E-state index in [0.717, 1.165) is 28.0 Å². The van der Waals surface area contributed by atoms with E-state index < -0.39 is 15.9 Å². The minimum atomic E-state index is -3.83. The third kappa shape index (κ3) is 5.29. The molecular weight excluding hydrogens is 402 g/mol. The summed E-state index contributed by atoms with van der Waals surface area (Å²) in [5, 5.41) is 2.32. The molecule has 138 valence electrons. The van der Waals surface area contributed by atoms with Gasteiger partial charge in [0.25, 0.3) is 15.9 Å². The van der Waals surface area contributed by atoms with Crippen LogP contribution < -0.4 is 4.72 Å². The van der Waals surface area contributed by atoms with E-state index in [1.807, 2.05) is 53.3 Å². The van der Waals surface area contributed by atoms with E-state index in [4.69, 9.17) is 11.6 Å². The van der Waals surface area contributed by atoms with Gasteiger partial charge >= 0.3 is 0 Å². The fraction of sp³-hybridized carbons (Fsp3) is 0.0500. The van der Waals surface area contributed by atoms with Crippen molar-refractivity contribution in [2.24, 2.45) is 0 Å². The highest BCUT2D eigenvalue weighted by Gasteiger charge is 2.16. The van der Waals surface area contributed by atoms with Gasteiger partial charge in [-0.05, 0) is 52.8 Å². The Hall–Kier alpha value is -2.41. The first-order chi connectivity index (χ1) is 12.9. The van der Waals surface area contributed by atoms with E-state index in [-0.39, 0.29) is 4.21 Å². The van der Waals surface area contributed by atoms with Gasteiger partial charge in [0.15, 0.2) is 0 Å². The number of carbonyl (C=O) groups is 1. The molecule has 2 aromatic carbocycles. The van der Waals surface area contributed by atoms with Crippen LogP contribution in [-0.2, 0) is 21.2 Å². The van der Waals surface area contributed by atoms with Crippen LogP contribution in [-0.4, -0.2) is 14.3 Å². The van der Waals surface area contributed by atoms with Crippen molar-refractivity contribution in [3.63, 3.8) is 0 Å². The Balaban J connectivity index is 1.73. The number of carbonyl (C=O) groups excluding carboxylic acids is 1. The van der Waals surface area contributed by atoms with Crippen molar-refractivity contribution in [2.75, 3.05) is 0 Å². The smallest absolute Gasteiger partial charge is 0.269 e. The number of hydrogen-bond acceptors (Lipinski definition) is 4. The first-order valence-corrected chi connectivity index (χ1v) is 10.8. The molecular formula is C20H16ClNO3S2. The quantitative estimate of drug-likeness (QED) is 0.600. The molecule has 0 saturated carbocycles. The highest BCUT2D eigenvalue weighted by atomic mass is 35.5. The first-order valence-electron chi connectivity index (χ1n) is 8.05. The number of sulfonamides is 1. The number of halogens is 1. The average Bonchev–Trinajstić information content (AvgIpc) is 3.18. The zero-order chi connectivity index (χ0) is 19.3. The third-order valence-electron chi connectivity index (χ3n) is 3.77. The summed E-state index contributed by atoms with van der Waals surface area (Å²) in [6.07, 6.45) is 3.52. The van der Waals surface area contributed by atoms with Crippen molar-refractivity contribution < 1.29 is 13.2 Å². The lowest BCUT2D eigenvalue weighted by atomic mass is 9.99. The number of benzene rings is 2. The summed E-state index contributed by atoms with van der Waals surface area (Å²) in [5.74, 6) is -0.690. The molecule has 27 heavy (non-hydrogen) atoms. The van der Waals surface area contributed by atoms with Crippen molar-refractivity contribution in [1.82, 2.24) is 4.72 Å². The van der Waals surface area contributed by atoms with Crippen LogP contribution in [0.1, 0.15) is 16.7 Å². The van der Waals surface area contributed by atoms with Crippen molar-refractivity contribution in [1.29, 1.82) is 0 Å². The normalized spacial score (nSPS) is 11.6. The van der Waals surface area contributed by atoms with Gasteiger partial charge in [0, 0.05) is 11.1 Å². The van der Waals surface area contributed by atoms with Crippen molar-refractivity contribution in [3.05, 3.63) is 93.8 Å². The summed E-state index contributed by atoms with van der Waals surface area (Å²) < 4.78 is 26.3. The molecule has 0 unspecified atom stereocenters. The lowest BCUT2D eigenvalue weighted by molar-refractivity contribution is -0.114. The molecule has 1 aromatic heterocycles. The van der Waals surface area contributed by atoms with Crippen LogP contribution in [0.3, 0.4) is 0 Å². The number of nitrogens with one attached hydrogen (secondary N) is 1. The highest BCUT2D eigenvalue weighted by molar-refractivity contribution is 7.92. The van der Waals surface area contributed by atoms with E-state index in [1.165, 1.54) is 12.1 Å². The maximum absolute atomic E-state index is 12.1. The standard InChI is InChI=1S/C20H16ClNO3S2/c21-18-10-7-15(8-11-18)14-17-5-2-1-4-16(17)9-12-19(23)22-27(24,25)20-6-3-13-26-20/h1-13H,14H2,(H,22,23)/b12-9+. The Kier molecular flexibility index (Phi) is 6.11. The van der Waals surface area contributed by atoms with Gasteiger partial charge in [-0.3, -0.25) is 4.79 Å². The zero-order valence-electron chi connectivity index (χ0n) is 14.1. The van der Waals surface area contributed by atoms with E-state index >= 15 is 0 Å². The van der Waals surface area contributed by atoms with Crippen LogP contribution in [0.25, 0.3) is 6.08 Å². The topological polar surface area (TPSA) is 63.2 Å². The van der Waals surface area contributed by atoms with Crippen LogP contribution in [0.5, 0.6) is 0 Å². The minimum absolute atomic E-state index is 0.104. The minimum Gasteiger partial charge on any atom is -0.269 e. The van der Waals surface area contributed by atoms with Crippen LogP contribution in [0, 0.1) is 0 Å². The van der Waals surface area contributed by atoms with Crippen LogP contribution in [0.4, 0.5) is 0 Å². The Morgan fingerprint density at radius 1 is 1.04 bits per heavy atom. The average molecular weight is 418 g/mol. The summed E-state index contributed by atoms with van der Waals surface area (Å²) in [6.45, 7) is 0. The van der Waals surface area contributed by atoms with Gasteiger partial charge in [0.05, 0.1) is 0 Å². The molecule has 0 saturated heterocycles. The molecule has 4 nitrogen and oxygen atoms in total. The molecule has 0 atom stereocenters. The van der Waals surface area contributed by atoms with E-state index in [2.05, 4.69) is 0 Å². The predicted octanol–water partition coefficient (Wildman–Crippen LogP) is 4.51. The second-order valence-corrected chi connectivity index (χ2v) is 9.03. The van der Waals surface area contributed by atoms with Crippen molar-refractivity contribution in [3.8, 4) is 0 Å². The third-order valence-corrected chi connectivity index (χ3v) is 6.77. The Bertz CT molecular complexity index is 1060. The lowest BCUT2D eigenvalue weighted by Crippen LogP contribution is -2.28. The van der Waals surface area contributed by atoms with E-state index in [0.29, 0.717) is 11.4 Å². The van der Waals surface area contributed by atoms with Gasteiger partial charge < -0.3 is 0 Å². The second-order valence-electron chi connectivity index (χ2n) is 5.74. The SMILES string of the molecule is O=C(/C=C/c1ccccc1Cc1ccc(Cl)cc1)NS(=O)(=O)c1cccs1. The van der Waals surface area contributed by atoms with Gasteiger partial charge in [0.1, 0.15) is 4.21 Å². The summed E-state index contributed by atoms with van der Waals surface area (Å²) in [6, 6.07) is 18.3. The van der Waals surface area contributed by atoms with Gasteiger partial charge in [-0.1, -0.05) is 54.1 Å². The molecule has 3 aromatic rings.